The highest BCUT2D eigenvalue weighted by Gasteiger charge is 2.05. The Morgan fingerprint density at radius 3 is 2.53 bits per heavy atom. The van der Waals surface area contributed by atoms with E-state index in [9.17, 15) is 0 Å². The molecule has 0 aliphatic carbocycles. The molecule has 1 unspecified atom stereocenters. The Balaban J connectivity index is 2.40. The van der Waals surface area contributed by atoms with Crippen LogP contribution in [0.4, 0.5) is 5.69 Å². The monoisotopic (exact) mass is 206 g/mol. The van der Waals surface area contributed by atoms with Crippen molar-refractivity contribution < 1.29 is 0 Å². The van der Waals surface area contributed by atoms with Gasteiger partial charge in [0.15, 0.2) is 0 Å². The lowest BCUT2D eigenvalue weighted by molar-refractivity contribution is 0.508. The molecule has 3 N–H and O–H groups in total. The molecule has 0 radical (unpaired) electrons. The van der Waals surface area contributed by atoms with E-state index in [-0.39, 0.29) is 6.04 Å². The second-order valence-corrected chi connectivity index (χ2v) is 4.59. The second kappa shape index (κ2) is 5.76. The third kappa shape index (κ3) is 4.34. The van der Waals surface area contributed by atoms with Gasteiger partial charge in [0.05, 0.1) is 0 Å². The third-order valence-corrected chi connectivity index (χ3v) is 2.47. The first-order valence-electron chi connectivity index (χ1n) is 5.64. The average molecular weight is 206 g/mol. The summed E-state index contributed by atoms with van der Waals surface area (Å²) in [6.45, 7) is 7.36. The first kappa shape index (κ1) is 12.1. The molecule has 0 spiro atoms. The van der Waals surface area contributed by atoms with Crippen molar-refractivity contribution in [1.29, 1.82) is 0 Å². The van der Waals surface area contributed by atoms with E-state index in [0.29, 0.717) is 5.92 Å². The number of hydrogen-bond donors (Lipinski definition) is 2. The van der Waals surface area contributed by atoms with Crippen LogP contribution in [-0.2, 0) is 0 Å². The van der Waals surface area contributed by atoms with Crippen LogP contribution in [0.3, 0.4) is 0 Å². The summed E-state index contributed by atoms with van der Waals surface area (Å²) < 4.78 is 0. The summed E-state index contributed by atoms with van der Waals surface area (Å²) in [5.41, 5.74) is 8.47. The normalized spacial score (nSPS) is 12.9. The zero-order valence-corrected chi connectivity index (χ0v) is 9.96. The van der Waals surface area contributed by atoms with Gasteiger partial charge in [0.1, 0.15) is 0 Å². The number of nitrogens with one attached hydrogen (secondary N) is 1. The van der Waals surface area contributed by atoms with Gasteiger partial charge in [-0.15, -0.1) is 0 Å². The third-order valence-electron chi connectivity index (χ3n) is 2.47. The van der Waals surface area contributed by atoms with Crippen LogP contribution in [0.15, 0.2) is 24.3 Å². The smallest absolute Gasteiger partial charge is 0.0370 e. The maximum atomic E-state index is 6.01. The molecule has 1 aromatic rings. The molecule has 0 fully saturated rings. The fourth-order valence-electron chi connectivity index (χ4n) is 1.70. The first-order chi connectivity index (χ1) is 7.09. The maximum Gasteiger partial charge on any atom is 0.0370 e. The van der Waals surface area contributed by atoms with Crippen LogP contribution in [0, 0.1) is 12.8 Å². The molecule has 0 bridgehead atoms. The van der Waals surface area contributed by atoms with Crippen molar-refractivity contribution in [3.05, 3.63) is 29.8 Å². The van der Waals surface area contributed by atoms with Gasteiger partial charge in [0.2, 0.25) is 0 Å². The van der Waals surface area contributed by atoms with Gasteiger partial charge in [-0.2, -0.15) is 0 Å². The SMILES string of the molecule is Cc1ccccc1NCC(N)CC(C)C. The molecular weight excluding hydrogens is 184 g/mol. The lowest BCUT2D eigenvalue weighted by atomic mass is 10.0. The van der Waals surface area contributed by atoms with Gasteiger partial charge in [-0.3, -0.25) is 0 Å². The summed E-state index contributed by atoms with van der Waals surface area (Å²) in [4.78, 5) is 0. The second-order valence-electron chi connectivity index (χ2n) is 4.59. The van der Waals surface area contributed by atoms with E-state index in [2.05, 4.69) is 44.3 Å². The van der Waals surface area contributed by atoms with Crippen molar-refractivity contribution in [1.82, 2.24) is 0 Å². The number of hydrogen-bond acceptors (Lipinski definition) is 2. The number of nitrogens with two attached hydrogens (primary N) is 1. The fraction of sp³-hybridized carbons (Fsp3) is 0.538. The lowest BCUT2D eigenvalue weighted by Crippen LogP contribution is -2.30. The Labute approximate surface area is 92.9 Å². The van der Waals surface area contributed by atoms with Gasteiger partial charge < -0.3 is 11.1 Å². The Bertz CT molecular complexity index is 294. The van der Waals surface area contributed by atoms with E-state index in [1.54, 1.807) is 0 Å². The van der Waals surface area contributed by atoms with Gasteiger partial charge in [-0.05, 0) is 30.9 Å². The molecule has 0 saturated heterocycles. The number of benzene rings is 1. The van der Waals surface area contributed by atoms with Crippen molar-refractivity contribution in [2.45, 2.75) is 33.2 Å². The zero-order chi connectivity index (χ0) is 11.3. The van der Waals surface area contributed by atoms with Crippen molar-refractivity contribution in [3.63, 3.8) is 0 Å². The number of rotatable bonds is 5. The molecular formula is C13H22N2. The van der Waals surface area contributed by atoms with E-state index in [1.165, 1.54) is 11.3 Å². The summed E-state index contributed by atoms with van der Waals surface area (Å²) in [5.74, 6) is 0.665. The molecule has 0 aromatic heterocycles. The predicted octanol–water partition coefficient (Wildman–Crippen LogP) is 2.78. The average Bonchev–Trinajstić information content (AvgIpc) is 2.15. The first-order valence-corrected chi connectivity index (χ1v) is 5.64. The highest BCUT2D eigenvalue weighted by atomic mass is 14.9. The minimum absolute atomic E-state index is 0.240. The Morgan fingerprint density at radius 1 is 1.27 bits per heavy atom. The van der Waals surface area contributed by atoms with Crippen molar-refractivity contribution >= 4 is 5.69 Å². The van der Waals surface area contributed by atoms with E-state index < -0.39 is 0 Å². The molecule has 0 aliphatic rings. The van der Waals surface area contributed by atoms with Crippen LogP contribution in [0.25, 0.3) is 0 Å². The molecule has 0 saturated carbocycles. The van der Waals surface area contributed by atoms with Gasteiger partial charge in [-0.1, -0.05) is 32.0 Å². The van der Waals surface area contributed by atoms with Gasteiger partial charge >= 0.3 is 0 Å². The summed E-state index contributed by atoms with van der Waals surface area (Å²) in [6.07, 6.45) is 1.07. The van der Waals surface area contributed by atoms with Crippen LogP contribution in [0.1, 0.15) is 25.8 Å². The molecule has 2 nitrogen and oxygen atoms in total. The summed E-state index contributed by atoms with van der Waals surface area (Å²) >= 11 is 0. The van der Waals surface area contributed by atoms with Crippen molar-refractivity contribution in [2.24, 2.45) is 11.7 Å². The van der Waals surface area contributed by atoms with Crippen LogP contribution < -0.4 is 11.1 Å². The predicted molar refractivity (Wildman–Crippen MR) is 67.1 cm³/mol. The Hall–Kier alpha value is -1.02. The molecule has 1 aromatic carbocycles. The molecule has 15 heavy (non-hydrogen) atoms. The van der Waals surface area contributed by atoms with Crippen molar-refractivity contribution in [2.75, 3.05) is 11.9 Å². The molecule has 84 valence electrons. The van der Waals surface area contributed by atoms with Gasteiger partial charge in [0, 0.05) is 18.3 Å². The number of aryl methyl sites for hydroxylation is 1. The van der Waals surface area contributed by atoms with Crippen LogP contribution >= 0.6 is 0 Å². The topological polar surface area (TPSA) is 38.0 Å². The molecule has 1 rings (SSSR count). The largest absolute Gasteiger partial charge is 0.383 e. The highest BCUT2D eigenvalue weighted by molar-refractivity contribution is 5.50. The quantitative estimate of drug-likeness (QED) is 0.777. The summed E-state index contributed by atoms with van der Waals surface area (Å²) in [6, 6.07) is 8.54. The zero-order valence-electron chi connectivity index (χ0n) is 9.96. The molecule has 0 heterocycles. The Morgan fingerprint density at radius 2 is 1.93 bits per heavy atom. The number of anilines is 1. The molecule has 0 aliphatic heterocycles. The minimum Gasteiger partial charge on any atom is -0.383 e. The van der Waals surface area contributed by atoms with Crippen LogP contribution in [-0.4, -0.2) is 12.6 Å². The molecule has 2 heteroatoms. The summed E-state index contributed by atoms with van der Waals surface area (Å²) in [7, 11) is 0. The minimum atomic E-state index is 0.240. The van der Waals surface area contributed by atoms with E-state index in [4.69, 9.17) is 5.73 Å². The standard InChI is InChI=1S/C13H22N2/c1-10(2)8-12(14)9-15-13-7-5-4-6-11(13)3/h4-7,10,12,15H,8-9,14H2,1-3H3. The van der Waals surface area contributed by atoms with E-state index in [0.717, 1.165) is 13.0 Å². The Kier molecular flexibility index (Phi) is 4.63. The number of para-hydroxylation sites is 1. The summed E-state index contributed by atoms with van der Waals surface area (Å²) in [5, 5.41) is 3.39. The van der Waals surface area contributed by atoms with Crippen molar-refractivity contribution in [3.8, 4) is 0 Å². The molecule has 0 amide bonds. The lowest BCUT2D eigenvalue weighted by Gasteiger charge is -2.16. The van der Waals surface area contributed by atoms with Crippen LogP contribution in [0.2, 0.25) is 0 Å². The van der Waals surface area contributed by atoms with E-state index in [1.807, 2.05) is 6.07 Å². The van der Waals surface area contributed by atoms with Gasteiger partial charge in [-0.25, -0.2) is 0 Å². The van der Waals surface area contributed by atoms with Gasteiger partial charge in [0.25, 0.3) is 0 Å². The highest BCUT2D eigenvalue weighted by Crippen LogP contribution is 2.13. The fourth-order valence-corrected chi connectivity index (χ4v) is 1.70. The molecule has 1 atom stereocenters. The maximum absolute atomic E-state index is 6.01. The van der Waals surface area contributed by atoms with E-state index >= 15 is 0 Å². The van der Waals surface area contributed by atoms with Crippen LogP contribution in [0.5, 0.6) is 0 Å².